The molecule has 1 aliphatic rings. The van der Waals surface area contributed by atoms with Crippen molar-refractivity contribution >= 4 is 39.3 Å². The highest BCUT2D eigenvalue weighted by molar-refractivity contribution is 8.00. The van der Waals surface area contributed by atoms with Crippen LogP contribution < -0.4 is 5.56 Å². The van der Waals surface area contributed by atoms with E-state index in [-0.39, 0.29) is 22.6 Å². The van der Waals surface area contributed by atoms with Gasteiger partial charge in [-0.2, -0.15) is 0 Å². The SMILES string of the molecule is CCn1c(S[C@H]2CCOC2=O)nc2sc(C)c(-c3ccc(F)cc3)c2c1=O. The van der Waals surface area contributed by atoms with Gasteiger partial charge in [-0.15, -0.1) is 11.3 Å². The van der Waals surface area contributed by atoms with Gasteiger partial charge < -0.3 is 4.74 Å². The van der Waals surface area contributed by atoms with Gasteiger partial charge in [0.15, 0.2) is 5.16 Å². The van der Waals surface area contributed by atoms with Crippen LogP contribution in [0.3, 0.4) is 0 Å². The molecule has 1 fully saturated rings. The second-order valence-corrected chi connectivity index (χ2v) is 8.60. The number of rotatable bonds is 4. The molecule has 0 saturated carbocycles. The van der Waals surface area contributed by atoms with E-state index in [0.29, 0.717) is 34.9 Å². The first kappa shape index (κ1) is 18.2. The molecular formula is C19H17FN2O3S2. The number of nitrogens with zero attached hydrogens (tertiary/aromatic N) is 2. The molecule has 1 aliphatic heterocycles. The van der Waals surface area contributed by atoms with Crippen molar-refractivity contribution in [1.82, 2.24) is 9.55 Å². The van der Waals surface area contributed by atoms with E-state index >= 15 is 0 Å². The number of aryl methyl sites for hydroxylation is 1. The molecule has 27 heavy (non-hydrogen) atoms. The van der Waals surface area contributed by atoms with E-state index in [1.807, 2.05) is 13.8 Å². The molecule has 3 aromatic rings. The number of thioether (sulfide) groups is 1. The first-order valence-corrected chi connectivity index (χ1v) is 10.3. The highest BCUT2D eigenvalue weighted by Gasteiger charge is 2.30. The lowest BCUT2D eigenvalue weighted by Crippen LogP contribution is -2.23. The van der Waals surface area contributed by atoms with Crippen LogP contribution >= 0.6 is 23.1 Å². The fourth-order valence-electron chi connectivity index (χ4n) is 3.22. The molecule has 0 spiro atoms. The number of cyclic esters (lactones) is 1. The zero-order valence-corrected chi connectivity index (χ0v) is 16.5. The Hall–Kier alpha value is -2.19. The summed E-state index contributed by atoms with van der Waals surface area (Å²) in [6.45, 7) is 4.66. The Bertz CT molecular complexity index is 1090. The maximum absolute atomic E-state index is 13.3. The van der Waals surface area contributed by atoms with Gasteiger partial charge in [0.1, 0.15) is 15.9 Å². The first-order valence-electron chi connectivity index (χ1n) is 8.62. The van der Waals surface area contributed by atoms with Crippen molar-refractivity contribution in [2.24, 2.45) is 0 Å². The molecule has 2 aromatic heterocycles. The second kappa shape index (κ2) is 7.09. The number of esters is 1. The molecule has 0 amide bonds. The third-order valence-electron chi connectivity index (χ3n) is 4.54. The number of carbonyl (C=O) groups is 1. The Balaban J connectivity index is 1.89. The number of aromatic nitrogens is 2. The average molecular weight is 404 g/mol. The molecule has 4 rings (SSSR count). The van der Waals surface area contributed by atoms with E-state index in [1.54, 1.807) is 16.7 Å². The van der Waals surface area contributed by atoms with Crippen molar-refractivity contribution in [3.63, 3.8) is 0 Å². The summed E-state index contributed by atoms with van der Waals surface area (Å²) in [6, 6.07) is 6.13. The summed E-state index contributed by atoms with van der Waals surface area (Å²) < 4.78 is 19.9. The van der Waals surface area contributed by atoms with Crippen LogP contribution in [0, 0.1) is 12.7 Å². The number of ether oxygens (including phenoxy) is 1. The van der Waals surface area contributed by atoms with Crippen LogP contribution in [0.1, 0.15) is 18.2 Å². The first-order chi connectivity index (χ1) is 13.0. The maximum Gasteiger partial charge on any atom is 0.319 e. The van der Waals surface area contributed by atoms with Gasteiger partial charge in [-0.05, 0) is 31.5 Å². The second-order valence-electron chi connectivity index (χ2n) is 6.23. The monoisotopic (exact) mass is 404 g/mol. The Labute approximate surface area is 163 Å². The topological polar surface area (TPSA) is 61.2 Å². The van der Waals surface area contributed by atoms with Gasteiger partial charge in [0, 0.05) is 23.4 Å². The van der Waals surface area contributed by atoms with E-state index in [4.69, 9.17) is 9.72 Å². The fraction of sp³-hybridized carbons (Fsp3) is 0.316. The number of benzene rings is 1. The van der Waals surface area contributed by atoms with E-state index in [9.17, 15) is 14.0 Å². The van der Waals surface area contributed by atoms with E-state index in [0.717, 1.165) is 16.0 Å². The van der Waals surface area contributed by atoms with Gasteiger partial charge in [0.2, 0.25) is 0 Å². The van der Waals surface area contributed by atoms with Gasteiger partial charge in [0.25, 0.3) is 5.56 Å². The molecule has 140 valence electrons. The predicted octanol–water partition coefficient (Wildman–Crippen LogP) is 4.00. The molecule has 0 bridgehead atoms. The lowest BCUT2D eigenvalue weighted by Gasteiger charge is -2.12. The number of halogens is 1. The summed E-state index contributed by atoms with van der Waals surface area (Å²) in [5, 5.41) is 0.750. The minimum Gasteiger partial charge on any atom is -0.465 e. The Kier molecular flexibility index (Phi) is 4.77. The normalized spacial score (nSPS) is 16.9. The molecule has 1 saturated heterocycles. The summed E-state index contributed by atoms with van der Waals surface area (Å²) in [7, 11) is 0. The van der Waals surface area contributed by atoms with Crippen LogP contribution in [-0.4, -0.2) is 27.4 Å². The van der Waals surface area contributed by atoms with Crippen LogP contribution in [0.2, 0.25) is 0 Å². The number of hydrogen-bond donors (Lipinski definition) is 0. The zero-order valence-electron chi connectivity index (χ0n) is 14.8. The van der Waals surface area contributed by atoms with Crippen molar-refractivity contribution in [3.8, 4) is 11.1 Å². The maximum atomic E-state index is 13.3. The van der Waals surface area contributed by atoms with Crippen LogP contribution in [0.25, 0.3) is 21.3 Å². The highest BCUT2D eigenvalue weighted by Crippen LogP contribution is 2.37. The molecular weight excluding hydrogens is 387 g/mol. The summed E-state index contributed by atoms with van der Waals surface area (Å²) in [5.41, 5.74) is 1.45. The number of fused-ring (bicyclic) bond motifs is 1. The van der Waals surface area contributed by atoms with Gasteiger partial charge in [0.05, 0.1) is 12.0 Å². The zero-order chi connectivity index (χ0) is 19.1. The van der Waals surface area contributed by atoms with Crippen molar-refractivity contribution in [3.05, 3.63) is 45.3 Å². The molecule has 5 nitrogen and oxygen atoms in total. The molecule has 8 heteroatoms. The molecule has 1 atom stereocenters. The third-order valence-corrected chi connectivity index (χ3v) is 6.77. The van der Waals surface area contributed by atoms with Gasteiger partial charge in [-0.1, -0.05) is 23.9 Å². The van der Waals surface area contributed by atoms with Crippen LogP contribution in [-0.2, 0) is 16.1 Å². The Morgan fingerprint density at radius 3 is 2.70 bits per heavy atom. The van der Waals surface area contributed by atoms with E-state index < -0.39 is 0 Å². The van der Waals surface area contributed by atoms with Crippen LogP contribution in [0.4, 0.5) is 4.39 Å². The minimum absolute atomic E-state index is 0.139. The van der Waals surface area contributed by atoms with Gasteiger partial charge in [-0.3, -0.25) is 14.2 Å². The van der Waals surface area contributed by atoms with Crippen molar-refractivity contribution in [1.29, 1.82) is 0 Å². The van der Waals surface area contributed by atoms with Gasteiger partial charge in [-0.25, -0.2) is 9.37 Å². The highest BCUT2D eigenvalue weighted by atomic mass is 32.2. The predicted molar refractivity (Wildman–Crippen MR) is 105 cm³/mol. The van der Waals surface area contributed by atoms with Gasteiger partial charge >= 0.3 is 5.97 Å². The quantitative estimate of drug-likeness (QED) is 0.486. The smallest absolute Gasteiger partial charge is 0.319 e. The Morgan fingerprint density at radius 2 is 2.07 bits per heavy atom. The Morgan fingerprint density at radius 1 is 1.33 bits per heavy atom. The molecule has 1 aromatic carbocycles. The molecule has 0 unspecified atom stereocenters. The number of hydrogen-bond acceptors (Lipinski definition) is 6. The van der Waals surface area contributed by atoms with E-state index in [2.05, 4.69) is 0 Å². The summed E-state index contributed by atoms with van der Waals surface area (Å²) >= 11 is 2.72. The summed E-state index contributed by atoms with van der Waals surface area (Å²) in [4.78, 5) is 31.3. The lowest BCUT2D eigenvalue weighted by molar-refractivity contribution is -0.137. The molecule has 0 N–H and O–H groups in total. The largest absolute Gasteiger partial charge is 0.465 e. The minimum atomic E-state index is -0.329. The standard InChI is InChI=1S/C19H17FN2O3S2/c1-3-22-17(23)15-14(11-4-6-12(20)7-5-11)10(2)26-16(15)21-19(22)27-13-8-9-25-18(13)24/h4-7,13H,3,8-9H2,1-2H3/t13-/m0/s1. The third kappa shape index (κ3) is 3.17. The number of carbonyl (C=O) groups excluding carboxylic acids is 1. The summed E-state index contributed by atoms with van der Waals surface area (Å²) in [5.74, 6) is -0.575. The van der Waals surface area contributed by atoms with Crippen molar-refractivity contribution in [2.45, 2.75) is 37.2 Å². The fourth-order valence-corrected chi connectivity index (χ4v) is 5.43. The average Bonchev–Trinajstić information content (AvgIpc) is 3.19. The number of thiophene rings is 1. The summed E-state index contributed by atoms with van der Waals surface area (Å²) in [6.07, 6.45) is 0.616. The molecule has 0 radical (unpaired) electrons. The van der Waals surface area contributed by atoms with Crippen LogP contribution in [0.5, 0.6) is 0 Å². The van der Waals surface area contributed by atoms with Crippen molar-refractivity contribution in [2.75, 3.05) is 6.61 Å². The lowest BCUT2D eigenvalue weighted by atomic mass is 10.0. The van der Waals surface area contributed by atoms with Crippen LogP contribution in [0.15, 0.2) is 34.2 Å². The van der Waals surface area contributed by atoms with E-state index in [1.165, 1.54) is 35.2 Å². The van der Waals surface area contributed by atoms with Crippen molar-refractivity contribution < 1.29 is 13.9 Å². The molecule has 0 aliphatic carbocycles. The molecule has 3 heterocycles.